The van der Waals surface area contributed by atoms with E-state index in [1.165, 1.54) is 12.1 Å². The van der Waals surface area contributed by atoms with Crippen molar-refractivity contribution in [2.45, 2.75) is 32.7 Å². The Kier molecular flexibility index (Phi) is 6.36. The van der Waals surface area contributed by atoms with Gasteiger partial charge in [-0.25, -0.2) is 4.39 Å². The van der Waals surface area contributed by atoms with Gasteiger partial charge in [0.2, 0.25) is 5.91 Å². The lowest BCUT2D eigenvalue weighted by Crippen LogP contribution is -2.34. The predicted octanol–water partition coefficient (Wildman–Crippen LogP) is 1.87. The molecule has 1 aromatic carbocycles. The van der Waals surface area contributed by atoms with Crippen LogP contribution in [0.25, 0.3) is 0 Å². The van der Waals surface area contributed by atoms with Crippen molar-refractivity contribution in [3.8, 4) is 0 Å². The van der Waals surface area contributed by atoms with Crippen LogP contribution in [0, 0.1) is 5.82 Å². The van der Waals surface area contributed by atoms with Gasteiger partial charge in [-0.05, 0) is 37.6 Å². The summed E-state index contributed by atoms with van der Waals surface area (Å²) in [6, 6.07) is 6.63. The SMILES string of the molecule is CCNC(C)CC(=O)NCCc1cccc(F)c1. The molecule has 3 nitrogen and oxygen atoms in total. The number of amides is 1. The smallest absolute Gasteiger partial charge is 0.221 e. The van der Waals surface area contributed by atoms with Crippen LogP contribution < -0.4 is 10.6 Å². The van der Waals surface area contributed by atoms with Crippen molar-refractivity contribution in [1.29, 1.82) is 0 Å². The second kappa shape index (κ2) is 7.82. The molecule has 1 amide bonds. The maximum absolute atomic E-state index is 12.9. The van der Waals surface area contributed by atoms with Crippen molar-refractivity contribution in [3.63, 3.8) is 0 Å². The molecule has 18 heavy (non-hydrogen) atoms. The summed E-state index contributed by atoms with van der Waals surface area (Å²) in [6.45, 7) is 5.40. The molecule has 0 radical (unpaired) electrons. The van der Waals surface area contributed by atoms with Gasteiger partial charge in [0.15, 0.2) is 0 Å². The van der Waals surface area contributed by atoms with Gasteiger partial charge in [0.05, 0.1) is 0 Å². The second-order valence-electron chi connectivity index (χ2n) is 4.39. The topological polar surface area (TPSA) is 41.1 Å². The van der Waals surface area contributed by atoms with E-state index in [4.69, 9.17) is 0 Å². The fraction of sp³-hybridized carbons (Fsp3) is 0.500. The standard InChI is InChI=1S/C14H21FN2O/c1-3-16-11(2)9-14(18)17-8-7-12-5-4-6-13(15)10-12/h4-6,10-11,16H,3,7-9H2,1-2H3,(H,17,18). The number of carbonyl (C=O) groups excluding carboxylic acids is 1. The minimum absolute atomic E-state index is 0.0276. The van der Waals surface area contributed by atoms with Crippen LogP contribution in [0.2, 0.25) is 0 Å². The van der Waals surface area contributed by atoms with E-state index in [1.807, 2.05) is 19.9 Å². The van der Waals surface area contributed by atoms with E-state index in [2.05, 4.69) is 10.6 Å². The van der Waals surface area contributed by atoms with E-state index in [9.17, 15) is 9.18 Å². The van der Waals surface area contributed by atoms with E-state index in [0.717, 1.165) is 12.1 Å². The predicted molar refractivity (Wildman–Crippen MR) is 70.9 cm³/mol. The lowest BCUT2D eigenvalue weighted by atomic mass is 10.1. The molecule has 1 aromatic rings. The molecule has 0 saturated heterocycles. The van der Waals surface area contributed by atoms with E-state index in [1.54, 1.807) is 6.07 Å². The number of carbonyl (C=O) groups is 1. The van der Waals surface area contributed by atoms with Crippen LogP contribution >= 0.6 is 0 Å². The number of benzene rings is 1. The third-order valence-corrected chi connectivity index (χ3v) is 2.67. The Labute approximate surface area is 108 Å². The van der Waals surface area contributed by atoms with Crippen molar-refractivity contribution in [2.75, 3.05) is 13.1 Å². The van der Waals surface area contributed by atoms with Crippen LogP contribution in [0.1, 0.15) is 25.8 Å². The third kappa shape index (κ3) is 5.77. The van der Waals surface area contributed by atoms with Gasteiger partial charge in [0.1, 0.15) is 5.82 Å². The van der Waals surface area contributed by atoms with E-state index in [0.29, 0.717) is 19.4 Å². The molecule has 0 aromatic heterocycles. The number of hydrogen-bond acceptors (Lipinski definition) is 2. The van der Waals surface area contributed by atoms with Gasteiger partial charge in [0, 0.05) is 19.0 Å². The quantitative estimate of drug-likeness (QED) is 0.778. The van der Waals surface area contributed by atoms with Gasteiger partial charge in [-0.2, -0.15) is 0 Å². The van der Waals surface area contributed by atoms with Crippen LogP contribution in [0.4, 0.5) is 4.39 Å². The molecule has 0 heterocycles. The number of nitrogens with one attached hydrogen (secondary N) is 2. The van der Waals surface area contributed by atoms with Crippen LogP contribution in [-0.2, 0) is 11.2 Å². The van der Waals surface area contributed by atoms with Crippen LogP contribution in [0.5, 0.6) is 0 Å². The fourth-order valence-electron chi connectivity index (χ4n) is 1.81. The highest BCUT2D eigenvalue weighted by atomic mass is 19.1. The van der Waals surface area contributed by atoms with Crippen molar-refractivity contribution in [3.05, 3.63) is 35.6 Å². The van der Waals surface area contributed by atoms with Crippen molar-refractivity contribution < 1.29 is 9.18 Å². The maximum atomic E-state index is 12.9. The highest BCUT2D eigenvalue weighted by molar-refractivity contribution is 5.76. The van der Waals surface area contributed by atoms with Crippen molar-refractivity contribution in [1.82, 2.24) is 10.6 Å². The largest absolute Gasteiger partial charge is 0.356 e. The Morgan fingerprint density at radius 1 is 1.44 bits per heavy atom. The van der Waals surface area contributed by atoms with Gasteiger partial charge in [-0.3, -0.25) is 4.79 Å². The van der Waals surface area contributed by atoms with Gasteiger partial charge >= 0.3 is 0 Å². The average Bonchev–Trinajstić information content (AvgIpc) is 2.29. The summed E-state index contributed by atoms with van der Waals surface area (Å²) in [6.07, 6.45) is 1.12. The normalized spacial score (nSPS) is 12.2. The monoisotopic (exact) mass is 252 g/mol. The molecule has 1 unspecified atom stereocenters. The lowest BCUT2D eigenvalue weighted by Gasteiger charge is -2.12. The van der Waals surface area contributed by atoms with Gasteiger partial charge in [-0.1, -0.05) is 19.1 Å². The molecular weight excluding hydrogens is 231 g/mol. The Bertz CT molecular complexity index is 382. The Morgan fingerprint density at radius 2 is 2.22 bits per heavy atom. The Balaban J connectivity index is 2.23. The first kappa shape index (κ1) is 14.6. The highest BCUT2D eigenvalue weighted by Crippen LogP contribution is 2.03. The molecule has 4 heteroatoms. The number of rotatable bonds is 7. The second-order valence-corrected chi connectivity index (χ2v) is 4.39. The van der Waals surface area contributed by atoms with E-state index < -0.39 is 0 Å². The molecule has 0 bridgehead atoms. The molecular formula is C14H21FN2O. The highest BCUT2D eigenvalue weighted by Gasteiger charge is 2.06. The average molecular weight is 252 g/mol. The summed E-state index contributed by atoms with van der Waals surface area (Å²) in [5.41, 5.74) is 0.898. The molecule has 100 valence electrons. The zero-order chi connectivity index (χ0) is 13.4. The third-order valence-electron chi connectivity index (χ3n) is 2.67. The molecule has 0 fully saturated rings. The molecule has 0 aliphatic rings. The van der Waals surface area contributed by atoms with Crippen molar-refractivity contribution >= 4 is 5.91 Å². The minimum Gasteiger partial charge on any atom is -0.356 e. The first-order chi connectivity index (χ1) is 8.61. The molecule has 0 aliphatic carbocycles. The number of hydrogen-bond donors (Lipinski definition) is 2. The molecule has 2 N–H and O–H groups in total. The van der Waals surface area contributed by atoms with Crippen LogP contribution in [-0.4, -0.2) is 25.0 Å². The number of halogens is 1. The van der Waals surface area contributed by atoms with E-state index >= 15 is 0 Å². The lowest BCUT2D eigenvalue weighted by molar-refractivity contribution is -0.121. The summed E-state index contributed by atoms with van der Waals surface area (Å²) in [5, 5.41) is 6.02. The summed E-state index contributed by atoms with van der Waals surface area (Å²) in [7, 11) is 0. The fourth-order valence-corrected chi connectivity index (χ4v) is 1.81. The molecule has 0 spiro atoms. The first-order valence-corrected chi connectivity index (χ1v) is 6.36. The van der Waals surface area contributed by atoms with Gasteiger partial charge in [-0.15, -0.1) is 0 Å². The summed E-state index contributed by atoms with van der Waals surface area (Å²) in [4.78, 5) is 11.6. The zero-order valence-corrected chi connectivity index (χ0v) is 11.0. The maximum Gasteiger partial charge on any atom is 0.221 e. The summed E-state index contributed by atoms with van der Waals surface area (Å²) >= 11 is 0. The molecule has 1 atom stereocenters. The summed E-state index contributed by atoms with van der Waals surface area (Å²) < 4.78 is 12.9. The van der Waals surface area contributed by atoms with Gasteiger partial charge in [0.25, 0.3) is 0 Å². The Hall–Kier alpha value is -1.42. The molecule has 1 rings (SSSR count). The zero-order valence-electron chi connectivity index (χ0n) is 11.0. The van der Waals surface area contributed by atoms with Gasteiger partial charge < -0.3 is 10.6 Å². The van der Waals surface area contributed by atoms with Crippen LogP contribution in [0.3, 0.4) is 0 Å². The molecule has 0 aliphatic heterocycles. The van der Waals surface area contributed by atoms with Crippen LogP contribution in [0.15, 0.2) is 24.3 Å². The van der Waals surface area contributed by atoms with E-state index in [-0.39, 0.29) is 17.8 Å². The molecule has 0 saturated carbocycles. The van der Waals surface area contributed by atoms with Crippen molar-refractivity contribution in [2.24, 2.45) is 0 Å². The minimum atomic E-state index is -0.236. The Morgan fingerprint density at radius 3 is 2.89 bits per heavy atom. The summed E-state index contributed by atoms with van der Waals surface area (Å²) in [5.74, 6) is -0.209. The first-order valence-electron chi connectivity index (χ1n) is 6.36.